The molecule has 0 spiro atoms. The molecule has 8 heteroatoms. The Kier molecular flexibility index (Phi) is 8.13. The van der Waals surface area contributed by atoms with E-state index in [9.17, 15) is 14.4 Å². The number of piperazine rings is 1. The molecule has 1 atom stereocenters. The number of rotatable bonds is 6. The van der Waals surface area contributed by atoms with E-state index in [-0.39, 0.29) is 17.4 Å². The smallest absolute Gasteiger partial charge is 0.308 e. The zero-order chi connectivity index (χ0) is 20.5. The minimum absolute atomic E-state index is 0.113. The zero-order valence-electron chi connectivity index (χ0n) is 16.1. The van der Waals surface area contributed by atoms with Gasteiger partial charge in [0, 0.05) is 19.2 Å². The van der Waals surface area contributed by atoms with Crippen molar-refractivity contribution in [1.82, 2.24) is 15.5 Å². The standard InChI is InChI=1S/C20H25N3O4S/c1-3-12-27-18(25)13-16-19(26)21-10-11-23(16)20(28)22-17(24)9-8-15-6-4-14(2)5-7-15/h4-9,16H,3,10-13H2,1-2H3,(H,21,26)(H,22,24,28). The van der Waals surface area contributed by atoms with Crippen molar-refractivity contribution in [2.45, 2.75) is 32.7 Å². The lowest BCUT2D eigenvalue weighted by molar-refractivity contribution is -0.147. The number of carbonyl (C=O) groups is 3. The van der Waals surface area contributed by atoms with Crippen LogP contribution in [0, 0.1) is 6.92 Å². The van der Waals surface area contributed by atoms with Gasteiger partial charge >= 0.3 is 5.97 Å². The number of carbonyl (C=O) groups excluding carboxylic acids is 3. The molecule has 0 aliphatic carbocycles. The number of nitrogens with zero attached hydrogens (tertiary/aromatic N) is 1. The fourth-order valence-corrected chi connectivity index (χ4v) is 2.98. The van der Waals surface area contributed by atoms with Gasteiger partial charge in [-0.1, -0.05) is 36.8 Å². The van der Waals surface area contributed by atoms with E-state index in [4.69, 9.17) is 17.0 Å². The average molecular weight is 404 g/mol. The van der Waals surface area contributed by atoms with E-state index in [1.54, 1.807) is 11.0 Å². The maximum atomic E-state index is 12.2. The lowest BCUT2D eigenvalue weighted by Crippen LogP contribution is -2.60. The predicted molar refractivity (Wildman–Crippen MR) is 110 cm³/mol. The lowest BCUT2D eigenvalue weighted by Gasteiger charge is -2.36. The van der Waals surface area contributed by atoms with Crippen molar-refractivity contribution in [1.29, 1.82) is 0 Å². The molecule has 0 bridgehead atoms. The Morgan fingerprint density at radius 2 is 2.07 bits per heavy atom. The normalized spacial score (nSPS) is 16.6. The minimum Gasteiger partial charge on any atom is -0.466 e. The van der Waals surface area contributed by atoms with E-state index in [0.717, 1.165) is 11.1 Å². The molecule has 0 aromatic heterocycles. The Morgan fingerprint density at radius 3 is 2.75 bits per heavy atom. The molecule has 1 aromatic rings. The van der Waals surface area contributed by atoms with Gasteiger partial charge in [0.25, 0.3) is 0 Å². The summed E-state index contributed by atoms with van der Waals surface area (Å²) in [5.41, 5.74) is 2.02. The van der Waals surface area contributed by atoms with Crippen molar-refractivity contribution in [3.8, 4) is 0 Å². The van der Waals surface area contributed by atoms with Gasteiger partial charge in [0.1, 0.15) is 6.04 Å². The number of hydrogen-bond donors (Lipinski definition) is 2. The first kappa shape index (κ1) is 21.6. The summed E-state index contributed by atoms with van der Waals surface area (Å²) in [4.78, 5) is 37.9. The largest absolute Gasteiger partial charge is 0.466 e. The van der Waals surface area contributed by atoms with Crippen LogP contribution in [0.15, 0.2) is 30.3 Å². The van der Waals surface area contributed by atoms with Gasteiger partial charge in [0.2, 0.25) is 11.8 Å². The highest BCUT2D eigenvalue weighted by Gasteiger charge is 2.34. The molecule has 1 heterocycles. The second kappa shape index (κ2) is 10.6. The first-order chi connectivity index (χ1) is 13.4. The molecule has 0 radical (unpaired) electrons. The molecule has 7 nitrogen and oxygen atoms in total. The highest BCUT2D eigenvalue weighted by molar-refractivity contribution is 7.80. The van der Waals surface area contributed by atoms with Crippen LogP contribution in [0.2, 0.25) is 0 Å². The highest BCUT2D eigenvalue weighted by atomic mass is 32.1. The van der Waals surface area contributed by atoms with E-state index in [2.05, 4.69) is 10.6 Å². The molecule has 1 unspecified atom stereocenters. The lowest BCUT2D eigenvalue weighted by atomic mass is 10.1. The molecule has 1 aliphatic heterocycles. The van der Waals surface area contributed by atoms with Gasteiger partial charge in [-0.3, -0.25) is 19.7 Å². The molecular weight excluding hydrogens is 378 g/mol. The van der Waals surface area contributed by atoms with Crippen LogP contribution in [0.25, 0.3) is 6.08 Å². The van der Waals surface area contributed by atoms with E-state index >= 15 is 0 Å². The molecular formula is C20H25N3O4S. The Balaban J connectivity index is 1.97. The Bertz CT molecular complexity index is 761. The third-order valence-corrected chi connectivity index (χ3v) is 4.49. The first-order valence-electron chi connectivity index (χ1n) is 9.20. The molecule has 150 valence electrons. The Hall–Kier alpha value is -2.74. The van der Waals surface area contributed by atoms with Crippen LogP contribution in [0.5, 0.6) is 0 Å². The number of hydrogen-bond acceptors (Lipinski definition) is 5. The van der Waals surface area contributed by atoms with Crippen LogP contribution >= 0.6 is 12.2 Å². The van der Waals surface area contributed by atoms with Gasteiger partial charge < -0.3 is 15.0 Å². The van der Waals surface area contributed by atoms with Crippen molar-refractivity contribution in [3.05, 3.63) is 41.5 Å². The summed E-state index contributed by atoms with van der Waals surface area (Å²) in [7, 11) is 0. The van der Waals surface area contributed by atoms with Crippen molar-refractivity contribution in [3.63, 3.8) is 0 Å². The number of amides is 2. The van der Waals surface area contributed by atoms with Crippen LogP contribution < -0.4 is 10.6 Å². The second-order valence-electron chi connectivity index (χ2n) is 6.46. The second-order valence-corrected chi connectivity index (χ2v) is 6.85. The van der Waals surface area contributed by atoms with Crippen LogP contribution in [0.4, 0.5) is 0 Å². The summed E-state index contributed by atoms with van der Waals surface area (Å²) in [6.07, 6.45) is 3.64. The average Bonchev–Trinajstić information content (AvgIpc) is 2.67. The number of aryl methyl sites for hydroxylation is 1. The van der Waals surface area contributed by atoms with Crippen LogP contribution in [-0.2, 0) is 19.1 Å². The fourth-order valence-electron chi connectivity index (χ4n) is 2.66. The van der Waals surface area contributed by atoms with Gasteiger partial charge in [0.15, 0.2) is 5.11 Å². The summed E-state index contributed by atoms with van der Waals surface area (Å²) in [5, 5.41) is 5.42. The summed E-state index contributed by atoms with van der Waals surface area (Å²) in [6.45, 7) is 4.97. The molecule has 1 saturated heterocycles. The van der Waals surface area contributed by atoms with Crippen molar-refractivity contribution in [2.24, 2.45) is 0 Å². The van der Waals surface area contributed by atoms with Crippen molar-refractivity contribution < 1.29 is 19.1 Å². The topological polar surface area (TPSA) is 87.7 Å². The molecule has 2 N–H and O–H groups in total. The molecule has 2 rings (SSSR count). The fraction of sp³-hybridized carbons (Fsp3) is 0.400. The molecule has 1 aromatic carbocycles. The number of benzene rings is 1. The summed E-state index contributed by atoms with van der Waals surface area (Å²) in [5.74, 6) is -1.18. The number of nitrogens with one attached hydrogen (secondary N) is 2. The molecule has 0 saturated carbocycles. The van der Waals surface area contributed by atoms with Crippen LogP contribution in [0.1, 0.15) is 30.9 Å². The van der Waals surface area contributed by atoms with Crippen molar-refractivity contribution in [2.75, 3.05) is 19.7 Å². The third-order valence-electron chi connectivity index (χ3n) is 4.15. The summed E-state index contributed by atoms with van der Waals surface area (Å²) >= 11 is 5.30. The Morgan fingerprint density at radius 1 is 1.36 bits per heavy atom. The van der Waals surface area contributed by atoms with Gasteiger partial charge in [0.05, 0.1) is 13.0 Å². The quantitative estimate of drug-likeness (QED) is 0.426. The molecule has 2 amide bonds. The van der Waals surface area contributed by atoms with E-state index in [0.29, 0.717) is 26.1 Å². The minimum atomic E-state index is -0.799. The first-order valence-corrected chi connectivity index (χ1v) is 9.61. The molecule has 1 aliphatic rings. The summed E-state index contributed by atoms with van der Waals surface area (Å²) in [6, 6.07) is 6.93. The molecule has 28 heavy (non-hydrogen) atoms. The predicted octanol–water partition coefficient (Wildman–Crippen LogP) is 1.55. The zero-order valence-corrected chi connectivity index (χ0v) is 16.9. The van der Waals surface area contributed by atoms with Gasteiger partial charge in [-0.05, 0) is 37.2 Å². The maximum Gasteiger partial charge on any atom is 0.308 e. The van der Waals surface area contributed by atoms with Crippen molar-refractivity contribution >= 4 is 41.2 Å². The number of ether oxygens (including phenoxy) is 1. The van der Waals surface area contributed by atoms with Gasteiger partial charge in [-0.15, -0.1) is 0 Å². The van der Waals surface area contributed by atoms with Crippen LogP contribution in [-0.4, -0.2) is 53.5 Å². The molecule has 1 fully saturated rings. The third kappa shape index (κ3) is 6.45. The van der Waals surface area contributed by atoms with Gasteiger partial charge in [-0.25, -0.2) is 0 Å². The maximum absolute atomic E-state index is 12.2. The summed E-state index contributed by atoms with van der Waals surface area (Å²) < 4.78 is 5.06. The SMILES string of the molecule is CCCOC(=O)CC1C(=O)NCCN1C(=S)NC(=O)C=Cc1ccc(C)cc1. The van der Waals surface area contributed by atoms with E-state index < -0.39 is 17.9 Å². The Labute approximate surface area is 170 Å². The highest BCUT2D eigenvalue weighted by Crippen LogP contribution is 2.11. The number of thiocarbonyl (C=S) groups is 1. The van der Waals surface area contributed by atoms with E-state index in [1.165, 1.54) is 6.08 Å². The monoisotopic (exact) mass is 403 g/mol. The van der Waals surface area contributed by atoms with Gasteiger partial charge in [-0.2, -0.15) is 0 Å². The van der Waals surface area contributed by atoms with E-state index in [1.807, 2.05) is 38.1 Å². The number of esters is 1. The van der Waals surface area contributed by atoms with Crippen LogP contribution in [0.3, 0.4) is 0 Å².